The highest BCUT2D eigenvalue weighted by molar-refractivity contribution is 7.16. The fraction of sp³-hybridized carbons (Fsp3) is 0.267. The summed E-state index contributed by atoms with van der Waals surface area (Å²) in [5.74, 6) is -0.251. The SMILES string of the molecule is CCn1c(=NC(=O)c2ccno2)sc2c(C)cc(C)cc21. The molecule has 0 aliphatic rings. The topological polar surface area (TPSA) is 60.4 Å². The summed E-state index contributed by atoms with van der Waals surface area (Å²) >= 11 is 1.52. The summed E-state index contributed by atoms with van der Waals surface area (Å²) in [5, 5.41) is 3.54. The lowest BCUT2D eigenvalue weighted by Crippen LogP contribution is -2.15. The number of hydrogen-bond donors (Lipinski definition) is 0. The number of rotatable bonds is 2. The van der Waals surface area contributed by atoms with Crippen molar-refractivity contribution in [1.82, 2.24) is 9.72 Å². The van der Waals surface area contributed by atoms with Gasteiger partial charge in [-0.25, -0.2) is 0 Å². The van der Waals surface area contributed by atoms with Crippen molar-refractivity contribution in [2.75, 3.05) is 0 Å². The summed E-state index contributed by atoms with van der Waals surface area (Å²) in [6.07, 6.45) is 1.44. The van der Waals surface area contributed by atoms with Gasteiger partial charge in [-0.15, -0.1) is 0 Å². The van der Waals surface area contributed by atoms with Gasteiger partial charge in [0.1, 0.15) is 0 Å². The Morgan fingerprint density at radius 2 is 2.24 bits per heavy atom. The lowest BCUT2D eigenvalue weighted by Gasteiger charge is -2.02. The van der Waals surface area contributed by atoms with Crippen LogP contribution < -0.4 is 4.80 Å². The van der Waals surface area contributed by atoms with Gasteiger partial charge in [0.2, 0.25) is 5.76 Å². The molecule has 5 nitrogen and oxygen atoms in total. The number of hydrogen-bond acceptors (Lipinski definition) is 4. The van der Waals surface area contributed by atoms with E-state index in [0.717, 1.165) is 16.8 Å². The molecule has 0 aliphatic carbocycles. The summed E-state index contributed by atoms with van der Waals surface area (Å²) in [7, 11) is 0. The van der Waals surface area contributed by atoms with E-state index in [9.17, 15) is 4.79 Å². The first kappa shape index (κ1) is 13.8. The first-order valence-corrected chi connectivity index (χ1v) is 7.52. The third-order valence-electron chi connectivity index (χ3n) is 3.28. The van der Waals surface area contributed by atoms with E-state index in [-0.39, 0.29) is 5.76 Å². The van der Waals surface area contributed by atoms with Gasteiger partial charge in [0.15, 0.2) is 4.80 Å². The van der Waals surface area contributed by atoms with Crippen LogP contribution in [0.4, 0.5) is 0 Å². The van der Waals surface area contributed by atoms with Crippen molar-refractivity contribution in [1.29, 1.82) is 0 Å². The van der Waals surface area contributed by atoms with Crippen molar-refractivity contribution in [3.8, 4) is 0 Å². The summed E-state index contributed by atoms with van der Waals surface area (Å²) in [4.78, 5) is 16.9. The second-order valence-electron chi connectivity index (χ2n) is 4.85. The Morgan fingerprint density at radius 1 is 1.43 bits per heavy atom. The number of nitrogens with zero attached hydrogens (tertiary/aromatic N) is 3. The summed E-state index contributed by atoms with van der Waals surface area (Å²) in [6.45, 7) is 6.95. The van der Waals surface area contributed by atoms with E-state index in [0.29, 0.717) is 4.80 Å². The van der Waals surface area contributed by atoms with Crippen molar-refractivity contribution >= 4 is 27.5 Å². The van der Waals surface area contributed by atoms with Crippen LogP contribution in [0.1, 0.15) is 28.6 Å². The van der Waals surface area contributed by atoms with Crippen molar-refractivity contribution in [2.24, 2.45) is 4.99 Å². The van der Waals surface area contributed by atoms with E-state index < -0.39 is 5.91 Å². The number of aryl methyl sites for hydroxylation is 3. The third kappa shape index (κ3) is 2.42. The number of thiazole rings is 1. The Bertz CT molecular complexity index is 872. The molecule has 0 aliphatic heterocycles. The number of fused-ring (bicyclic) bond motifs is 1. The normalized spacial score (nSPS) is 12.2. The molecule has 0 spiro atoms. The lowest BCUT2D eigenvalue weighted by atomic mass is 10.1. The van der Waals surface area contributed by atoms with Crippen LogP contribution in [0.3, 0.4) is 0 Å². The predicted molar refractivity (Wildman–Crippen MR) is 81.4 cm³/mol. The second kappa shape index (κ2) is 5.29. The van der Waals surface area contributed by atoms with Gasteiger partial charge in [-0.1, -0.05) is 22.6 Å². The van der Waals surface area contributed by atoms with Crippen molar-refractivity contribution in [2.45, 2.75) is 27.3 Å². The Kier molecular flexibility index (Phi) is 3.47. The zero-order chi connectivity index (χ0) is 15.0. The highest BCUT2D eigenvalue weighted by Crippen LogP contribution is 2.23. The highest BCUT2D eigenvalue weighted by Gasteiger charge is 2.12. The van der Waals surface area contributed by atoms with E-state index in [1.807, 2.05) is 11.5 Å². The van der Waals surface area contributed by atoms with Crippen LogP contribution in [-0.2, 0) is 6.54 Å². The predicted octanol–water partition coefficient (Wildman–Crippen LogP) is 3.07. The third-order valence-corrected chi connectivity index (χ3v) is 4.51. The molecule has 0 fully saturated rings. The van der Waals surface area contributed by atoms with Gasteiger partial charge in [0.25, 0.3) is 0 Å². The molecular formula is C15H15N3O2S. The molecule has 108 valence electrons. The molecule has 0 radical (unpaired) electrons. The number of carbonyl (C=O) groups is 1. The maximum atomic E-state index is 12.1. The van der Waals surface area contributed by atoms with Crippen LogP contribution in [0.25, 0.3) is 10.2 Å². The largest absolute Gasteiger partial charge is 0.351 e. The maximum absolute atomic E-state index is 12.1. The molecule has 2 aromatic heterocycles. The van der Waals surface area contributed by atoms with Crippen LogP contribution in [0.15, 0.2) is 33.9 Å². The molecule has 0 unspecified atom stereocenters. The number of aromatic nitrogens is 2. The molecule has 6 heteroatoms. The van der Waals surface area contributed by atoms with E-state index in [2.05, 4.69) is 36.1 Å². The Hall–Kier alpha value is -2.21. The van der Waals surface area contributed by atoms with Gasteiger partial charge >= 0.3 is 5.91 Å². The first-order valence-electron chi connectivity index (χ1n) is 6.70. The zero-order valence-corrected chi connectivity index (χ0v) is 12.9. The summed E-state index contributed by atoms with van der Waals surface area (Å²) in [6, 6.07) is 5.78. The van der Waals surface area contributed by atoms with E-state index in [1.165, 1.54) is 34.7 Å². The lowest BCUT2D eigenvalue weighted by molar-refractivity contribution is 0.0962. The van der Waals surface area contributed by atoms with Gasteiger partial charge in [0.05, 0.1) is 16.4 Å². The van der Waals surface area contributed by atoms with E-state index in [1.54, 1.807) is 0 Å². The molecule has 21 heavy (non-hydrogen) atoms. The monoisotopic (exact) mass is 301 g/mol. The molecule has 3 aromatic rings. The molecule has 2 heterocycles. The van der Waals surface area contributed by atoms with E-state index in [4.69, 9.17) is 4.52 Å². The van der Waals surface area contributed by atoms with Gasteiger partial charge in [0, 0.05) is 12.6 Å². The molecule has 3 rings (SSSR count). The minimum atomic E-state index is -0.407. The minimum absolute atomic E-state index is 0.156. The highest BCUT2D eigenvalue weighted by atomic mass is 32.1. The number of benzene rings is 1. The van der Waals surface area contributed by atoms with Crippen LogP contribution in [0, 0.1) is 13.8 Å². The maximum Gasteiger partial charge on any atom is 0.318 e. The Balaban J connectivity index is 2.23. The fourth-order valence-electron chi connectivity index (χ4n) is 2.37. The quantitative estimate of drug-likeness (QED) is 0.731. The van der Waals surface area contributed by atoms with Crippen LogP contribution in [0.5, 0.6) is 0 Å². The van der Waals surface area contributed by atoms with Crippen LogP contribution in [0.2, 0.25) is 0 Å². The standard InChI is InChI=1S/C15H15N3O2S/c1-4-18-11-8-9(2)7-10(3)13(11)21-15(18)17-14(19)12-5-6-16-20-12/h5-8H,4H2,1-3H3. The minimum Gasteiger partial charge on any atom is -0.351 e. The Morgan fingerprint density at radius 3 is 2.90 bits per heavy atom. The van der Waals surface area contributed by atoms with E-state index >= 15 is 0 Å². The molecule has 0 saturated heterocycles. The molecular weight excluding hydrogens is 286 g/mol. The van der Waals surface area contributed by atoms with Crippen LogP contribution >= 0.6 is 11.3 Å². The van der Waals surface area contributed by atoms with Crippen molar-refractivity contribution in [3.63, 3.8) is 0 Å². The molecule has 1 amide bonds. The number of carbonyl (C=O) groups excluding carboxylic acids is 1. The van der Waals surface area contributed by atoms with Gasteiger partial charge < -0.3 is 9.09 Å². The van der Waals surface area contributed by atoms with Gasteiger partial charge in [-0.2, -0.15) is 4.99 Å². The number of amides is 1. The zero-order valence-electron chi connectivity index (χ0n) is 12.1. The summed E-state index contributed by atoms with van der Waals surface area (Å²) < 4.78 is 8.07. The molecule has 1 aromatic carbocycles. The van der Waals surface area contributed by atoms with Crippen molar-refractivity contribution < 1.29 is 9.32 Å². The van der Waals surface area contributed by atoms with Gasteiger partial charge in [-0.05, 0) is 38.0 Å². The van der Waals surface area contributed by atoms with Crippen LogP contribution in [-0.4, -0.2) is 15.6 Å². The Labute approximate surface area is 125 Å². The second-order valence-corrected chi connectivity index (χ2v) is 5.83. The molecule has 0 N–H and O–H groups in total. The summed E-state index contributed by atoms with van der Waals surface area (Å²) in [5.41, 5.74) is 3.52. The molecule has 0 bridgehead atoms. The van der Waals surface area contributed by atoms with Gasteiger partial charge in [-0.3, -0.25) is 4.79 Å². The average Bonchev–Trinajstić information content (AvgIpc) is 3.06. The molecule has 0 atom stereocenters. The van der Waals surface area contributed by atoms with Crippen molar-refractivity contribution in [3.05, 3.63) is 46.1 Å². The first-order chi connectivity index (χ1) is 10.1. The average molecular weight is 301 g/mol. The smallest absolute Gasteiger partial charge is 0.318 e. The fourth-order valence-corrected chi connectivity index (χ4v) is 3.51. The molecule has 0 saturated carbocycles.